The zero-order valence-corrected chi connectivity index (χ0v) is 23.5. The fourth-order valence-corrected chi connectivity index (χ4v) is 7.06. The van der Waals surface area contributed by atoms with E-state index in [1.165, 1.54) is 22.0 Å². The summed E-state index contributed by atoms with van der Waals surface area (Å²) in [5.74, 6) is 3.95. The third-order valence-electron chi connectivity index (χ3n) is 7.45. The summed E-state index contributed by atoms with van der Waals surface area (Å²) in [4.78, 5) is 2.58. The van der Waals surface area contributed by atoms with E-state index >= 15 is 0 Å². The molecule has 5 rings (SSSR count). The molecule has 0 saturated carbocycles. The van der Waals surface area contributed by atoms with Gasteiger partial charge in [0.2, 0.25) is 0 Å². The molecule has 2 atom stereocenters. The summed E-state index contributed by atoms with van der Waals surface area (Å²) in [6.45, 7) is 6.75. The number of hydrogen-bond donors (Lipinski definition) is 2. The molecule has 3 heterocycles. The number of aromatic nitrogens is 2. The Bertz CT molecular complexity index is 1200. The Kier molecular flexibility index (Phi) is 8.16. The number of fused-ring (bicyclic) bond motifs is 2. The minimum Gasteiger partial charge on any atom is -0.381 e. The first-order valence-corrected chi connectivity index (χ1v) is 16.8. The molecule has 2 unspecified atom stereocenters. The second kappa shape index (κ2) is 11.5. The molecule has 1 fully saturated rings. The third kappa shape index (κ3) is 5.79. The Balaban J connectivity index is 1.23. The molecular formula is C26H33BIN6P. The molecule has 0 aliphatic carbocycles. The number of nitrogens with one attached hydrogen (secondary N) is 2. The van der Waals surface area contributed by atoms with Gasteiger partial charge in [0.15, 0.2) is 5.82 Å². The van der Waals surface area contributed by atoms with Crippen LogP contribution in [0, 0.1) is 17.1 Å². The maximum Gasteiger partial charge on any atom is 0.268 e. The summed E-state index contributed by atoms with van der Waals surface area (Å²) in [7, 11) is 0. The Morgan fingerprint density at radius 1 is 1.20 bits per heavy atom. The van der Waals surface area contributed by atoms with Crippen LogP contribution >= 0.6 is 28.4 Å². The number of anilines is 2. The van der Waals surface area contributed by atoms with Crippen molar-refractivity contribution in [1.29, 1.82) is 5.26 Å². The molecule has 35 heavy (non-hydrogen) atoms. The van der Waals surface area contributed by atoms with Crippen LogP contribution < -0.4 is 10.6 Å². The highest BCUT2D eigenvalue weighted by Gasteiger charge is 2.25. The molecule has 0 amide bonds. The van der Waals surface area contributed by atoms with Gasteiger partial charge in [-0.2, -0.15) is 5.10 Å². The van der Waals surface area contributed by atoms with E-state index in [0.29, 0.717) is 18.3 Å². The molecule has 2 aliphatic rings. The van der Waals surface area contributed by atoms with Gasteiger partial charge < -0.3 is 10.6 Å². The van der Waals surface area contributed by atoms with Crippen LogP contribution in [0.5, 0.6) is 0 Å². The number of rotatable bonds is 8. The van der Waals surface area contributed by atoms with Crippen molar-refractivity contribution in [2.75, 3.05) is 30.3 Å². The molecule has 9 heteroatoms. The van der Waals surface area contributed by atoms with Crippen LogP contribution in [-0.2, 0) is 13.0 Å². The van der Waals surface area contributed by atoms with E-state index in [9.17, 15) is 5.26 Å². The van der Waals surface area contributed by atoms with E-state index in [1.54, 1.807) is 0 Å². The summed E-state index contributed by atoms with van der Waals surface area (Å²) >= 11 is 2.42. The quantitative estimate of drug-likeness (QED) is 0.187. The largest absolute Gasteiger partial charge is 0.381 e. The Morgan fingerprint density at radius 3 is 2.77 bits per heavy atom. The smallest absolute Gasteiger partial charge is 0.268 e. The number of benzene rings is 2. The van der Waals surface area contributed by atoms with Crippen LogP contribution in [0.25, 0.3) is 10.9 Å². The molecular weight excluding hydrogens is 565 g/mol. The van der Waals surface area contributed by atoms with Gasteiger partial charge in [0, 0.05) is 43.6 Å². The highest BCUT2D eigenvalue weighted by atomic mass is 127. The van der Waals surface area contributed by atoms with Crippen molar-refractivity contribution in [3.63, 3.8) is 0 Å². The van der Waals surface area contributed by atoms with Crippen molar-refractivity contribution in [3.05, 3.63) is 53.6 Å². The Hall–Kier alpha value is -1.82. The normalized spacial score (nSPS) is 18.0. The molecule has 3 aromatic rings. The van der Waals surface area contributed by atoms with Gasteiger partial charge in [-0.05, 0) is 70.5 Å². The van der Waals surface area contributed by atoms with Crippen molar-refractivity contribution in [1.82, 2.24) is 14.5 Å². The minimum atomic E-state index is 0.225. The maximum atomic E-state index is 9.21. The van der Waals surface area contributed by atoms with Gasteiger partial charge in [-0.25, -0.2) is 9.71 Å². The van der Waals surface area contributed by atoms with E-state index in [0.717, 1.165) is 69.6 Å². The van der Waals surface area contributed by atoms with E-state index in [4.69, 9.17) is 5.10 Å². The second-order valence-electron chi connectivity index (χ2n) is 10.1. The SMILES string of the molecule is CC(CNc1nn(PI)c2c(NC3CCB(C#N)CC3)cccc12)CN1CCc2ccccc2C1. The van der Waals surface area contributed by atoms with Crippen molar-refractivity contribution >= 4 is 57.5 Å². The maximum absolute atomic E-state index is 9.21. The lowest BCUT2D eigenvalue weighted by Crippen LogP contribution is -2.35. The van der Waals surface area contributed by atoms with E-state index in [2.05, 4.69) is 97.4 Å². The number of halogens is 1. The third-order valence-corrected chi connectivity index (χ3v) is 9.30. The summed E-state index contributed by atoms with van der Waals surface area (Å²) in [5, 5.41) is 22.8. The first-order valence-electron chi connectivity index (χ1n) is 12.7. The minimum absolute atomic E-state index is 0.225. The molecule has 0 radical (unpaired) electrons. The summed E-state index contributed by atoms with van der Waals surface area (Å²) < 4.78 is 2.13. The van der Waals surface area contributed by atoms with Crippen LogP contribution in [0.3, 0.4) is 0 Å². The highest BCUT2D eigenvalue weighted by Crippen LogP contribution is 2.37. The molecule has 0 bridgehead atoms. The zero-order valence-electron chi connectivity index (χ0n) is 20.3. The highest BCUT2D eigenvalue weighted by molar-refractivity contribution is 14.2. The van der Waals surface area contributed by atoms with E-state index in [-0.39, 0.29) is 6.71 Å². The predicted octanol–water partition coefficient (Wildman–Crippen LogP) is 6.07. The molecule has 182 valence electrons. The summed E-state index contributed by atoms with van der Waals surface area (Å²) in [5.41, 5.74) is 5.33. The topological polar surface area (TPSA) is 68.9 Å². The van der Waals surface area contributed by atoms with E-state index in [1.807, 2.05) is 0 Å². The lowest BCUT2D eigenvalue weighted by atomic mass is 9.42. The van der Waals surface area contributed by atoms with Crippen LogP contribution in [-0.4, -0.2) is 46.8 Å². The Labute approximate surface area is 223 Å². The molecule has 2 aromatic carbocycles. The first kappa shape index (κ1) is 24.9. The monoisotopic (exact) mass is 598 g/mol. The Morgan fingerprint density at radius 2 is 2.00 bits per heavy atom. The molecule has 1 saturated heterocycles. The summed E-state index contributed by atoms with van der Waals surface area (Å²) in [6.07, 6.45) is 5.78. The van der Waals surface area contributed by atoms with Crippen molar-refractivity contribution in [2.24, 2.45) is 5.92 Å². The number of nitrogens with zero attached hydrogens (tertiary/aromatic N) is 4. The predicted molar refractivity (Wildman–Crippen MR) is 158 cm³/mol. The fraction of sp³-hybridized carbons (Fsp3) is 0.462. The average Bonchev–Trinajstić information content (AvgIpc) is 3.27. The summed E-state index contributed by atoms with van der Waals surface area (Å²) in [6, 6.07) is 15.8. The number of para-hydroxylation sites is 1. The lowest BCUT2D eigenvalue weighted by Gasteiger charge is -2.30. The fourth-order valence-electron chi connectivity index (χ4n) is 5.55. The zero-order chi connectivity index (χ0) is 24.2. The van der Waals surface area contributed by atoms with Gasteiger partial charge in [0.25, 0.3) is 6.71 Å². The molecule has 6 nitrogen and oxygen atoms in total. The standard InChI is InChI=1S/C26H33BIN6P/c1-19(16-33-14-11-20-5-2-3-6-21(20)17-33)15-30-26-23-7-4-8-24(25(23)34(32-26)35-28)31-22-9-12-27(18-29)13-10-22/h2-8,19,22,31,35H,9-17H2,1H3,(H,30,32). The molecule has 0 spiro atoms. The van der Waals surface area contributed by atoms with Crippen molar-refractivity contribution in [2.45, 2.75) is 51.4 Å². The average molecular weight is 598 g/mol. The van der Waals surface area contributed by atoms with Crippen molar-refractivity contribution < 1.29 is 0 Å². The van der Waals surface area contributed by atoms with Crippen LogP contribution in [0.2, 0.25) is 12.6 Å². The molecule has 2 N–H and O–H groups in total. The van der Waals surface area contributed by atoms with Crippen LogP contribution in [0.1, 0.15) is 30.9 Å². The second-order valence-corrected chi connectivity index (χ2v) is 12.1. The number of nitriles is 1. The van der Waals surface area contributed by atoms with Gasteiger partial charge in [0.1, 0.15) is 0 Å². The first-order chi connectivity index (χ1) is 17.1. The van der Waals surface area contributed by atoms with Gasteiger partial charge in [-0.15, -0.1) is 0 Å². The lowest BCUT2D eigenvalue weighted by molar-refractivity contribution is 0.224. The van der Waals surface area contributed by atoms with Gasteiger partial charge in [-0.1, -0.05) is 49.9 Å². The molecule has 2 aliphatic heterocycles. The number of hydrogen-bond acceptors (Lipinski definition) is 5. The van der Waals surface area contributed by atoms with E-state index < -0.39 is 0 Å². The van der Waals surface area contributed by atoms with Gasteiger partial charge >= 0.3 is 0 Å². The van der Waals surface area contributed by atoms with Crippen LogP contribution in [0.15, 0.2) is 42.5 Å². The molecule has 1 aromatic heterocycles. The van der Waals surface area contributed by atoms with Gasteiger partial charge in [0.05, 0.1) is 17.6 Å². The van der Waals surface area contributed by atoms with Crippen LogP contribution in [0.4, 0.5) is 11.5 Å². The van der Waals surface area contributed by atoms with Crippen molar-refractivity contribution in [3.8, 4) is 5.97 Å². The van der Waals surface area contributed by atoms with Gasteiger partial charge in [-0.3, -0.25) is 4.90 Å².